The number of likely N-dealkylation sites (tertiary alicyclic amines) is 1. The summed E-state index contributed by atoms with van der Waals surface area (Å²) in [5.74, 6) is -0.574. The van der Waals surface area contributed by atoms with Gasteiger partial charge in [0, 0.05) is 32.7 Å². The van der Waals surface area contributed by atoms with E-state index in [2.05, 4.69) is 24.3 Å². The van der Waals surface area contributed by atoms with Crippen LogP contribution in [0.2, 0.25) is 0 Å². The molecular formula is C26H31N3O3. The molecule has 6 nitrogen and oxygen atoms in total. The van der Waals surface area contributed by atoms with Gasteiger partial charge in [-0.15, -0.1) is 0 Å². The van der Waals surface area contributed by atoms with E-state index in [9.17, 15) is 14.4 Å². The highest BCUT2D eigenvalue weighted by molar-refractivity contribution is 6.35. The number of nitrogens with zero attached hydrogens (tertiary/aromatic N) is 3. The molecule has 2 aromatic rings. The van der Waals surface area contributed by atoms with Gasteiger partial charge in [0.05, 0.1) is 0 Å². The smallest absolute Gasteiger partial charge is 0.312 e. The van der Waals surface area contributed by atoms with Gasteiger partial charge in [-0.1, -0.05) is 60.2 Å². The molecule has 0 unspecified atom stereocenters. The molecule has 0 saturated carbocycles. The minimum atomic E-state index is -0.573. The van der Waals surface area contributed by atoms with Gasteiger partial charge in [0.25, 0.3) is 0 Å². The Bertz CT molecular complexity index is 967. The van der Waals surface area contributed by atoms with Crippen molar-refractivity contribution in [1.29, 1.82) is 0 Å². The number of piperazine rings is 1. The van der Waals surface area contributed by atoms with E-state index in [1.807, 2.05) is 42.2 Å². The first-order valence-corrected chi connectivity index (χ1v) is 11.4. The van der Waals surface area contributed by atoms with Crippen LogP contribution in [0.1, 0.15) is 29.5 Å². The summed E-state index contributed by atoms with van der Waals surface area (Å²) in [7, 11) is 0. The van der Waals surface area contributed by atoms with E-state index in [1.54, 1.807) is 4.90 Å². The molecule has 2 aliphatic rings. The maximum atomic E-state index is 12.8. The van der Waals surface area contributed by atoms with E-state index in [0.29, 0.717) is 38.6 Å². The number of piperidine rings is 1. The predicted molar refractivity (Wildman–Crippen MR) is 123 cm³/mol. The summed E-state index contributed by atoms with van der Waals surface area (Å²) < 4.78 is 0. The van der Waals surface area contributed by atoms with Crippen LogP contribution in [0.4, 0.5) is 0 Å². The van der Waals surface area contributed by atoms with Crippen molar-refractivity contribution >= 4 is 17.7 Å². The second-order valence-electron chi connectivity index (χ2n) is 8.96. The average Bonchev–Trinajstić information content (AvgIpc) is 2.80. The van der Waals surface area contributed by atoms with E-state index in [0.717, 1.165) is 30.4 Å². The molecule has 0 radical (unpaired) electrons. The zero-order valence-corrected chi connectivity index (χ0v) is 18.7. The highest BCUT2D eigenvalue weighted by atomic mass is 16.2. The molecule has 4 rings (SSSR count). The van der Waals surface area contributed by atoms with Gasteiger partial charge in [-0.2, -0.15) is 0 Å². The number of amides is 3. The van der Waals surface area contributed by atoms with Crippen LogP contribution in [-0.2, 0) is 27.3 Å². The number of rotatable bonds is 6. The van der Waals surface area contributed by atoms with Crippen molar-refractivity contribution in [2.75, 3.05) is 32.7 Å². The molecule has 2 fully saturated rings. The van der Waals surface area contributed by atoms with Crippen LogP contribution in [0, 0.1) is 12.8 Å². The quantitative estimate of drug-likeness (QED) is 0.658. The van der Waals surface area contributed by atoms with Crippen LogP contribution < -0.4 is 0 Å². The molecule has 32 heavy (non-hydrogen) atoms. The van der Waals surface area contributed by atoms with Crippen LogP contribution in [-0.4, -0.2) is 65.1 Å². The lowest BCUT2D eigenvalue weighted by Gasteiger charge is -2.36. The third kappa shape index (κ3) is 5.36. The molecule has 3 amide bonds. The van der Waals surface area contributed by atoms with Gasteiger partial charge in [0.15, 0.2) is 0 Å². The Morgan fingerprint density at radius 3 is 2.22 bits per heavy atom. The van der Waals surface area contributed by atoms with E-state index >= 15 is 0 Å². The minimum Gasteiger partial charge on any atom is -0.341 e. The molecule has 0 bridgehead atoms. The van der Waals surface area contributed by atoms with Gasteiger partial charge in [0.1, 0.15) is 6.54 Å². The Hall–Kier alpha value is -3.15. The number of hydrogen-bond donors (Lipinski definition) is 0. The van der Waals surface area contributed by atoms with Crippen molar-refractivity contribution in [3.05, 3.63) is 71.3 Å². The summed E-state index contributed by atoms with van der Waals surface area (Å²) in [5.41, 5.74) is 3.47. The molecule has 2 aromatic carbocycles. The van der Waals surface area contributed by atoms with Crippen LogP contribution in [0.15, 0.2) is 54.6 Å². The van der Waals surface area contributed by atoms with Crippen LogP contribution in [0.3, 0.4) is 0 Å². The summed E-state index contributed by atoms with van der Waals surface area (Å²) in [4.78, 5) is 42.9. The van der Waals surface area contributed by atoms with E-state index < -0.39 is 11.8 Å². The van der Waals surface area contributed by atoms with Crippen molar-refractivity contribution in [1.82, 2.24) is 14.7 Å². The van der Waals surface area contributed by atoms with Crippen molar-refractivity contribution in [2.45, 2.75) is 32.7 Å². The molecule has 168 valence electrons. The van der Waals surface area contributed by atoms with E-state index in [4.69, 9.17) is 0 Å². The fraction of sp³-hybridized carbons (Fsp3) is 0.423. The SMILES string of the molecule is Cc1cccc(CN2CCN(CC(=O)N3CCC(Cc4ccccc4)CC3)C(=O)C2=O)c1. The molecule has 0 aromatic heterocycles. The number of carbonyl (C=O) groups is 3. The minimum absolute atomic E-state index is 0.00773. The fourth-order valence-corrected chi connectivity index (χ4v) is 4.64. The summed E-state index contributed by atoms with van der Waals surface area (Å²) in [5, 5.41) is 0. The Morgan fingerprint density at radius 1 is 0.844 bits per heavy atom. The van der Waals surface area contributed by atoms with Gasteiger partial charge in [-0.3, -0.25) is 14.4 Å². The van der Waals surface area contributed by atoms with Crippen LogP contribution in [0.5, 0.6) is 0 Å². The maximum absolute atomic E-state index is 12.8. The largest absolute Gasteiger partial charge is 0.341 e. The zero-order chi connectivity index (χ0) is 22.5. The van der Waals surface area contributed by atoms with Gasteiger partial charge in [0.2, 0.25) is 5.91 Å². The monoisotopic (exact) mass is 433 g/mol. The Labute approximate surface area is 189 Å². The Balaban J connectivity index is 1.25. The summed E-state index contributed by atoms with van der Waals surface area (Å²) in [6.45, 7) is 4.69. The zero-order valence-electron chi connectivity index (χ0n) is 18.7. The summed E-state index contributed by atoms with van der Waals surface area (Å²) in [6.07, 6.45) is 2.98. The molecular weight excluding hydrogens is 402 g/mol. The first kappa shape index (κ1) is 22.1. The predicted octanol–water partition coefficient (Wildman–Crippen LogP) is 2.65. The lowest BCUT2D eigenvalue weighted by Crippen LogP contribution is -2.56. The molecule has 0 atom stereocenters. The highest BCUT2D eigenvalue weighted by Gasteiger charge is 2.34. The third-order valence-corrected chi connectivity index (χ3v) is 6.51. The lowest BCUT2D eigenvalue weighted by atomic mass is 9.90. The van der Waals surface area contributed by atoms with Gasteiger partial charge in [-0.05, 0) is 43.2 Å². The van der Waals surface area contributed by atoms with Crippen molar-refractivity contribution in [3.63, 3.8) is 0 Å². The van der Waals surface area contributed by atoms with Crippen LogP contribution in [0.25, 0.3) is 0 Å². The second-order valence-corrected chi connectivity index (χ2v) is 8.96. The first-order chi connectivity index (χ1) is 15.5. The normalized spacial score (nSPS) is 17.7. The molecule has 2 heterocycles. The Kier molecular flexibility index (Phi) is 6.88. The van der Waals surface area contributed by atoms with Gasteiger partial charge in [-0.25, -0.2) is 0 Å². The molecule has 0 aliphatic carbocycles. The molecule has 2 aliphatic heterocycles. The summed E-state index contributed by atoms with van der Waals surface area (Å²) >= 11 is 0. The van der Waals surface area contributed by atoms with Crippen LogP contribution >= 0.6 is 0 Å². The number of aryl methyl sites for hydroxylation is 1. The van der Waals surface area contributed by atoms with E-state index in [-0.39, 0.29) is 12.5 Å². The number of carbonyl (C=O) groups excluding carboxylic acids is 3. The standard InChI is InChI=1S/C26H31N3O3/c1-20-6-5-9-23(16-20)18-28-14-15-29(26(32)25(28)31)19-24(30)27-12-10-22(11-13-27)17-21-7-3-2-4-8-21/h2-9,16,22H,10-15,17-19H2,1H3. The lowest BCUT2D eigenvalue weighted by molar-refractivity contribution is -0.158. The van der Waals surface area contributed by atoms with Crippen molar-refractivity contribution < 1.29 is 14.4 Å². The molecule has 2 saturated heterocycles. The Morgan fingerprint density at radius 2 is 1.50 bits per heavy atom. The fourth-order valence-electron chi connectivity index (χ4n) is 4.64. The average molecular weight is 434 g/mol. The van der Waals surface area contributed by atoms with Gasteiger partial charge >= 0.3 is 11.8 Å². The molecule has 0 N–H and O–H groups in total. The second kappa shape index (κ2) is 9.98. The van der Waals surface area contributed by atoms with E-state index in [1.165, 1.54) is 10.5 Å². The topological polar surface area (TPSA) is 60.9 Å². The third-order valence-electron chi connectivity index (χ3n) is 6.51. The van der Waals surface area contributed by atoms with Gasteiger partial charge < -0.3 is 14.7 Å². The van der Waals surface area contributed by atoms with Crippen molar-refractivity contribution in [2.24, 2.45) is 5.92 Å². The maximum Gasteiger partial charge on any atom is 0.312 e. The number of hydrogen-bond acceptors (Lipinski definition) is 3. The summed E-state index contributed by atoms with van der Waals surface area (Å²) in [6, 6.07) is 18.4. The molecule has 0 spiro atoms. The van der Waals surface area contributed by atoms with Crippen molar-refractivity contribution in [3.8, 4) is 0 Å². The molecule has 6 heteroatoms. The first-order valence-electron chi connectivity index (χ1n) is 11.4. The highest BCUT2D eigenvalue weighted by Crippen LogP contribution is 2.22. The number of benzene rings is 2.